The summed E-state index contributed by atoms with van der Waals surface area (Å²) in [6.45, 7) is 2.12. The summed E-state index contributed by atoms with van der Waals surface area (Å²) >= 11 is 3.30. The summed E-state index contributed by atoms with van der Waals surface area (Å²) in [6.07, 6.45) is 5.55. The van der Waals surface area contributed by atoms with Gasteiger partial charge < -0.3 is 0 Å². The molecule has 0 N–H and O–H groups in total. The first-order valence-corrected chi connectivity index (χ1v) is 7.36. The Hall–Kier alpha value is -1.23. The Balaban J connectivity index is 2.40. The van der Waals surface area contributed by atoms with Crippen LogP contribution in [0.15, 0.2) is 29.3 Å². The number of benzene rings is 1. The van der Waals surface area contributed by atoms with Crippen LogP contribution in [0.3, 0.4) is 0 Å². The first kappa shape index (κ1) is 14.2. The van der Waals surface area contributed by atoms with Crippen molar-refractivity contribution in [3.63, 3.8) is 0 Å². The standard InChI is InChI=1S/C14H17BrN2O2/c1-2-3-4-9-13-14(15,17(18)19)10-11-7-5-6-8-12(11)16-13/h5-8,10,13H,2-4,9H2,1H3. The molecule has 0 aromatic heterocycles. The van der Waals surface area contributed by atoms with E-state index in [4.69, 9.17) is 0 Å². The van der Waals surface area contributed by atoms with Gasteiger partial charge in [-0.25, -0.2) is 0 Å². The molecule has 2 unspecified atom stereocenters. The lowest BCUT2D eigenvalue weighted by atomic mass is 9.98. The molecular formula is C14H17BrN2O2. The summed E-state index contributed by atoms with van der Waals surface area (Å²) in [6, 6.07) is 7.21. The minimum absolute atomic E-state index is 0.275. The highest BCUT2D eigenvalue weighted by molar-refractivity contribution is 9.10. The van der Waals surface area contributed by atoms with Crippen LogP contribution in [0.4, 0.5) is 0 Å². The van der Waals surface area contributed by atoms with E-state index in [9.17, 15) is 10.1 Å². The highest BCUT2D eigenvalue weighted by atomic mass is 79.9. The molecule has 0 amide bonds. The molecule has 0 saturated heterocycles. The summed E-state index contributed by atoms with van der Waals surface area (Å²) in [7, 11) is 0. The topological polar surface area (TPSA) is 55.5 Å². The summed E-state index contributed by atoms with van der Waals surface area (Å²) in [5, 5.41) is 13.1. The zero-order chi connectivity index (χ0) is 13.9. The van der Waals surface area contributed by atoms with Crippen LogP contribution in [-0.4, -0.2) is 15.4 Å². The Kier molecular flexibility index (Phi) is 4.34. The number of nitro groups is 1. The highest BCUT2D eigenvalue weighted by Gasteiger charge is 2.47. The van der Waals surface area contributed by atoms with E-state index >= 15 is 0 Å². The zero-order valence-corrected chi connectivity index (χ0v) is 12.5. The van der Waals surface area contributed by atoms with Crippen LogP contribution >= 0.6 is 15.9 Å². The minimum atomic E-state index is -1.27. The Labute approximate surface area is 120 Å². The monoisotopic (exact) mass is 324 g/mol. The van der Waals surface area contributed by atoms with Crippen molar-refractivity contribution in [3.8, 4) is 0 Å². The molecule has 2 rings (SSSR count). The van der Waals surface area contributed by atoms with E-state index in [0.717, 1.165) is 36.3 Å². The molecule has 2 atom stereocenters. The maximum atomic E-state index is 11.4. The number of para-hydroxylation sites is 1. The molecule has 19 heavy (non-hydrogen) atoms. The Morgan fingerprint density at radius 1 is 1.42 bits per heavy atom. The third kappa shape index (κ3) is 2.86. The van der Waals surface area contributed by atoms with E-state index in [1.54, 1.807) is 6.08 Å². The summed E-state index contributed by atoms with van der Waals surface area (Å²) < 4.78 is -1.27. The van der Waals surface area contributed by atoms with Gasteiger partial charge in [-0.3, -0.25) is 15.1 Å². The molecule has 0 radical (unpaired) electrons. The fourth-order valence-electron chi connectivity index (χ4n) is 2.33. The average molecular weight is 325 g/mol. The number of unbranched alkanes of at least 4 members (excludes halogenated alkanes) is 2. The van der Waals surface area contributed by atoms with Crippen molar-refractivity contribution in [2.24, 2.45) is 4.99 Å². The molecule has 1 aromatic rings. The summed E-state index contributed by atoms with van der Waals surface area (Å²) in [4.78, 5) is 15.7. The molecule has 1 aliphatic heterocycles. The molecule has 4 nitrogen and oxygen atoms in total. The fourth-order valence-corrected chi connectivity index (χ4v) is 2.91. The number of halogens is 1. The lowest BCUT2D eigenvalue weighted by Crippen LogP contribution is -2.48. The van der Waals surface area contributed by atoms with E-state index in [1.165, 1.54) is 0 Å². The van der Waals surface area contributed by atoms with Crippen molar-refractivity contribution in [2.75, 3.05) is 0 Å². The molecule has 1 aliphatic rings. The van der Waals surface area contributed by atoms with Gasteiger partial charge in [-0.2, -0.15) is 0 Å². The van der Waals surface area contributed by atoms with Gasteiger partial charge in [0.05, 0.1) is 5.36 Å². The van der Waals surface area contributed by atoms with Crippen LogP contribution in [0.2, 0.25) is 0 Å². The van der Waals surface area contributed by atoms with E-state index in [1.807, 2.05) is 24.3 Å². The maximum absolute atomic E-state index is 11.4. The van der Waals surface area contributed by atoms with E-state index in [2.05, 4.69) is 27.8 Å². The second-order valence-corrected chi connectivity index (χ2v) is 6.10. The zero-order valence-electron chi connectivity index (χ0n) is 10.9. The highest BCUT2D eigenvalue weighted by Crippen LogP contribution is 2.31. The number of fused-ring (bicyclic) bond motifs is 1. The molecule has 0 bridgehead atoms. The molecule has 102 valence electrons. The van der Waals surface area contributed by atoms with Crippen LogP contribution in [0.25, 0.3) is 6.08 Å². The lowest BCUT2D eigenvalue weighted by molar-refractivity contribution is -0.520. The largest absolute Gasteiger partial charge is 0.315 e. The van der Waals surface area contributed by atoms with Crippen LogP contribution in [0.5, 0.6) is 0 Å². The molecule has 5 heteroatoms. The van der Waals surface area contributed by atoms with E-state index < -0.39 is 4.45 Å². The average Bonchev–Trinajstić information content (AvgIpc) is 2.39. The number of hydrogen-bond acceptors (Lipinski definition) is 3. The quantitative estimate of drug-likeness (QED) is 0.274. The van der Waals surface area contributed by atoms with Crippen molar-refractivity contribution < 1.29 is 4.92 Å². The number of hydrogen-bond donors (Lipinski definition) is 0. The number of alkyl halides is 1. The van der Waals surface area contributed by atoms with Gasteiger partial charge in [-0.1, -0.05) is 44.4 Å². The van der Waals surface area contributed by atoms with Crippen LogP contribution in [-0.2, 0) is 0 Å². The van der Waals surface area contributed by atoms with Crippen molar-refractivity contribution in [1.82, 2.24) is 0 Å². The molecular weight excluding hydrogens is 308 g/mol. The van der Waals surface area contributed by atoms with Gasteiger partial charge in [-0.05, 0) is 12.5 Å². The van der Waals surface area contributed by atoms with Gasteiger partial charge >= 0.3 is 4.45 Å². The molecule has 0 aliphatic carbocycles. The van der Waals surface area contributed by atoms with Gasteiger partial charge in [-0.15, -0.1) is 0 Å². The Bertz CT molecular complexity index is 587. The first-order valence-electron chi connectivity index (χ1n) is 6.57. The first-order chi connectivity index (χ1) is 9.08. The summed E-state index contributed by atoms with van der Waals surface area (Å²) in [5.41, 5.74) is 0. The maximum Gasteiger partial charge on any atom is 0.315 e. The predicted octanol–water partition coefficient (Wildman–Crippen LogP) is 2.42. The van der Waals surface area contributed by atoms with Gasteiger partial charge in [0.1, 0.15) is 6.04 Å². The second-order valence-electron chi connectivity index (χ2n) is 4.83. The predicted molar refractivity (Wildman–Crippen MR) is 78.3 cm³/mol. The normalized spacial score (nSPS) is 25.1. The van der Waals surface area contributed by atoms with Crippen molar-refractivity contribution in [2.45, 2.75) is 43.1 Å². The van der Waals surface area contributed by atoms with Gasteiger partial charge in [0.25, 0.3) is 0 Å². The lowest BCUT2D eigenvalue weighted by Gasteiger charge is -2.25. The fraction of sp³-hybridized carbons (Fsp3) is 0.500. The van der Waals surface area contributed by atoms with Crippen LogP contribution < -0.4 is 10.6 Å². The third-order valence-electron chi connectivity index (χ3n) is 3.42. The van der Waals surface area contributed by atoms with Crippen LogP contribution in [0, 0.1) is 10.1 Å². The molecule has 0 saturated carbocycles. The molecule has 0 fully saturated rings. The molecule has 1 aromatic carbocycles. The Morgan fingerprint density at radius 2 is 2.16 bits per heavy atom. The molecule has 0 spiro atoms. The molecule has 1 heterocycles. The van der Waals surface area contributed by atoms with Gasteiger partial charge in [0, 0.05) is 32.1 Å². The van der Waals surface area contributed by atoms with Gasteiger partial charge in [0.2, 0.25) is 0 Å². The SMILES string of the molecule is CCCCCC1N=c2ccccc2=CC1(Br)[N+](=O)[O-]. The second kappa shape index (κ2) is 5.82. The number of nitrogens with zero attached hydrogens (tertiary/aromatic N) is 2. The minimum Gasteiger partial charge on any atom is -0.272 e. The summed E-state index contributed by atoms with van der Waals surface area (Å²) in [5.74, 6) is 0. The van der Waals surface area contributed by atoms with Crippen molar-refractivity contribution >= 4 is 22.0 Å². The number of rotatable bonds is 5. The van der Waals surface area contributed by atoms with Gasteiger partial charge in [0.15, 0.2) is 0 Å². The van der Waals surface area contributed by atoms with E-state index in [-0.39, 0.29) is 11.0 Å². The van der Waals surface area contributed by atoms with E-state index in [0.29, 0.717) is 0 Å². The smallest absolute Gasteiger partial charge is 0.272 e. The van der Waals surface area contributed by atoms with Crippen LogP contribution in [0.1, 0.15) is 32.6 Å². The van der Waals surface area contributed by atoms with Crippen molar-refractivity contribution in [1.29, 1.82) is 0 Å². The Morgan fingerprint density at radius 3 is 2.84 bits per heavy atom. The van der Waals surface area contributed by atoms with Crippen molar-refractivity contribution in [3.05, 3.63) is 45.0 Å². The third-order valence-corrected chi connectivity index (χ3v) is 4.46.